The Morgan fingerprint density at radius 1 is 1.17 bits per heavy atom. The van der Waals surface area contributed by atoms with Crippen LogP contribution < -0.4 is 0 Å². The van der Waals surface area contributed by atoms with Crippen LogP contribution in [-0.4, -0.2) is 78.5 Å². The number of amides is 1. The summed E-state index contributed by atoms with van der Waals surface area (Å²) in [6.07, 6.45) is -3.13. The highest BCUT2D eigenvalue weighted by molar-refractivity contribution is 5.76. The number of β-amino-alcohol motifs (C(OH)–C–C–N with tert-alkyl or cyclic N) is 1. The standard InChI is InChI=1S/C15H25F3N2O3/c16-15(17,18)14(22)5-3-7-20(12-14)13(21)4-1-2-6-19-8-10-23-11-9-19/h22H,1-12H2. The zero-order valence-electron chi connectivity index (χ0n) is 13.3. The molecule has 2 aliphatic heterocycles. The zero-order chi connectivity index (χ0) is 16.9. The van der Waals surface area contributed by atoms with E-state index in [2.05, 4.69) is 4.90 Å². The summed E-state index contributed by atoms with van der Waals surface area (Å²) in [4.78, 5) is 15.5. The number of hydrogen-bond donors (Lipinski definition) is 1. The quantitative estimate of drug-likeness (QED) is 0.770. The van der Waals surface area contributed by atoms with Crippen molar-refractivity contribution in [2.24, 2.45) is 0 Å². The van der Waals surface area contributed by atoms with Crippen LogP contribution in [0.2, 0.25) is 0 Å². The van der Waals surface area contributed by atoms with Gasteiger partial charge in [-0.25, -0.2) is 0 Å². The van der Waals surface area contributed by atoms with E-state index in [-0.39, 0.29) is 25.2 Å². The van der Waals surface area contributed by atoms with Crippen molar-refractivity contribution >= 4 is 5.91 Å². The Labute approximate surface area is 134 Å². The van der Waals surface area contributed by atoms with E-state index in [1.807, 2.05) is 0 Å². The largest absolute Gasteiger partial charge is 0.418 e. The summed E-state index contributed by atoms with van der Waals surface area (Å²) in [5.41, 5.74) is -2.76. The van der Waals surface area contributed by atoms with Crippen molar-refractivity contribution in [1.29, 1.82) is 0 Å². The van der Waals surface area contributed by atoms with Gasteiger partial charge in [-0.2, -0.15) is 13.2 Å². The third-order valence-electron chi connectivity index (χ3n) is 4.57. The van der Waals surface area contributed by atoms with Gasteiger partial charge in [0.2, 0.25) is 5.91 Å². The molecule has 134 valence electrons. The van der Waals surface area contributed by atoms with Crippen LogP contribution in [0.3, 0.4) is 0 Å². The first kappa shape index (κ1) is 18.5. The van der Waals surface area contributed by atoms with Gasteiger partial charge in [-0.1, -0.05) is 0 Å². The number of piperidine rings is 1. The third kappa shape index (κ3) is 5.06. The monoisotopic (exact) mass is 338 g/mol. The molecule has 1 unspecified atom stereocenters. The van der Waals surface area contributed by atoms with Gasteiger partial charge in [0, 0.05) is 26.1 Å². The topological polar surface area (TPSA) is 53.0 Å². The van der Waals surface area contributed by atoms with E-state index in [0.717, 1.165) is 44.2 Å². The average molecular weight is 338 g/mol. The summed E-state index contributed by atoms with van der Waals surface area (Å²) in [6.45, 7) is 3.76. The summed E-state index contributed by atoms with van der Waals surface area (Å²) < 4.78 is 43.9. The van der Waals surface area contributed by atoms with E-state index in [1.54, 1.807) is 0 Å². The molecule has 0 aromatic rings. The molecular formula is C15H25F3N2O3. The number of carbonyl (C=O) groups excluding carboxylic acids is 1. The van der Waals surface area contributed by atoms with Gasteiger partial charge in [0.25, 0.3) is 0 Å². The Balaban J connectivity index is 1.70. The van der Waals surface area contributed by atoms with Crippen LogP contribution in [-0.2, 0) is 9.53 Å². The van der Waals surface area contributed by atoms with Gasteiger partial charge in [-0.15, -0.1) is 0 Å². The number of alkyl halides is 3. The summed E-state index contributed by atoms with van der Waals surface area (Å²) in [6, 6.07) is 0. The van der Waals surface area contributed by atoms with Crippen LogP contribution in [0.4, 0.5) is 13.2 Å². The molecule has 0 spiro atoms. The molecule has 1 atom stereocenters. The van der Waals surface area contributed by atoms with E-state index in [9.17, 15) is 23.1 Å². The van der Waals surface area contributed by atoms with Crippen LogP contribution in [0.5, 0.6) is 0 Å². The number of unbranched alkanes of at least 4 members (excludes halogenated alkanes) is 1. The van der Waals surface area contributed by atoms with Gasteiger partial charge in [0.15, 0.2) is 5.60 Å². The lowest BCUT2D eigenvalue weighted by Gasteiger charge is -2.40. The van der Waals surface area contributed by atoms with E-state index < -0.39 is 18.3 Å². The Bertz CT molecular complexity index is 400. The predicted octanol–water partition coefficient (Wildman–Crippen LogP) is 1.40. The molecule has 0 bridgehead atoms. The molecule has 0 aliphatic carbocycles. The maximum absolute atomic E-state index is 12.9. The number of hydrogen-bond acceptors (Lipinski definition) is 4. The van der Waals surface area contributed by atoms with Crippen molar-refractivity contribution in [2.45, 2.75) is 43.9 Å². The fourth-order valence-corrected chi connectivity index (χ4v) is 3.07. The molecule has 8 heteroatoms. The zero-order valence-corrected chi connectivity index (χ0v) is 13.3. The van der Waals surface area contributed by atoms with Crippen molar-refractivity contribution < 1.29 is 27.8 Å². The molecule has 2 aliphatic rings. The Hall–Kier alpha value is -0.860. The Kier molecular flexibility index (Phi) is 6.27. The van der Waals surface area contributed by atoms with Gasteiger partial charge >= 0.3 is 6.18 Å². The van der Waals surface area contributed by atoms with E-state index in [0.29, 0.717) is 13.0 Å². The van der Waals surface area contributed by atoms with Gasteiger partial charge < -0.3 is 14.7 Å². The van der Waals surface area contributed by atoms with Crippen LogP contribution in [0, 0.1) is 0 Å². The van der Waals surface area contributed by atoms with Crippen molar-refractivity contribution in [3.05, 3.63) is 0 Å². The smallest absolute Gasteiger partial charge is 0.379 e. The minimum atomic E-state index is -4.69. The first-order valence-corrected chi connectivity index (χ1v) is 8.19. The summed E-state index contributed by atoms with van der Waals surface area (Å²) >= 11 is 0. The van der Waals surface area contributed by atoms with Crippen molar-refractivity contribution in [1.82, 2.24) is 9.80 Å². The number of morpholine rings is 1. The third-order valence-corrected chi connectivity index (χ3v) is 4.57. The van der Waals surface area contributed by atoms with Crippen LogP contribution >= 0.6 is 0 Å². The molecule has 2 rings (SSSR count). The van der Waals surface area contributed by atoms with Gasteiger partial charge in [0.05, 0.1) is 19.8 Å². The average Bonchev–Trinajstić information content (AvgIpc) is 2.51. The molecule has 0 saturated carbocycles. The second kappa shape index (κ2) is 7.81. The molecule has 1 N–H and O–H groups in total. The molecule has 2 fully saturated rings. The van der Waals surface area contributed by atoms with E-state index >= 15 is 0 Å². The highest BCUT2D eigenvalue weighted by Crippen LogP contribution is 2.37. The summed E-state index contributed by atoms with van der Waals surface area (Å²) in [7, 11) is 0. The van der Waals surface area contributed by atoms with E-state index in [1.165, 1.54) is 0 Å². The maximum atomic E-state index is 12.9. The number of halogens is 3. The first-order chi connectivity index (χ1) is 10.8. The fraction of sp³-hybridized carbons (Fsp3) is 0.933. The lowest BCUT2D eigenvalue weighted by molar-refractivity contribution is -0.272. The Morgan fingerprint density at radius 3 is 2.52 bits per heavy atom. The normalized spacial score (nSPS) is 27.2. The highest BCUT2D eigenvalue weighted by Gasteiger charge is 2.55. The van der Waals surface area contributed by atoms with Crippen LogP contribution in [0.15, 0.2) is 0 Å². The number of carbonyl (C=O) groups is 1. The molecule has 0 radical (unpaired) electrons. The van der Waals surface area contributed by atoms with Gasteiger partial charge in [-0.05, 0) is 32.2 Å². The van der Waals surface area contributed by atoms with Crippen LogP contribution in [0.1, 0.15) is 32.1 Å². The van der Waals surface area contributed by atoms with Crippen molar-refractivity contribution in [3.63, 3.8) is 0 Å². The molecule has 23 heavy (non-hydrogen) atoms. The molecule has 2 heterocycles. The van der Waals surface area contributed by atoms with Gasteiger partial charge in [-0.3, -0.25) is 9.69 Å². The summed E-state index contributed by atoms with van der Waals surface area (Å²) in [5.74, 6) is -0.297. The van der Waals surface area contributed by atoms with Crippen molar-refractivity contribution in [3.8, 4) is 0 Å². The number of rotatable bonds is 5. The minimum absolute atomic E-state index is 0.176. The lowest BCUT2D eigenvalue weighted by Crippen LogP contribution is -2.58. The second-order valence-electron chi connectivity index (χ2n) is 6.36. The molecule has 0 aromatic heterocycles. The van der Waals surface area contributed by atoms with E-state index in [4.69, 9.17) is 4.74 Å². The molecule has 5 nitrogen and oxygen atoms in total. The molecular weight excluding hydrogens is 313 g/mol. The first-order valence-electron chi connectivity index (χ1n) is 8.19. The number of nitrogens with zero attached hydrogens (tertiary/aromatic N) is 2. The second-order valence-corrected chi connectivity index (χ2v) is 6.36. The number of aliphatic hydroxyl groups is 1. The van der Waals surface area contributed by atoms with Crippen molar-refractivity contribution in [2.75, 3.05) is 45.9 Å². The lowest BCUT2D eigenvalue weighted by atomic mass is 9.92. The maximum Gasteiger partial charge on any atom is 0.418 e. The highest BCUT2D eigenvalue weighted by atomic mass is 19.4. The van der Waals surface area contributed by atoms with Crippen LogP contribution in [0.25, 0.3) is 0 Å². The summed E-state index contributed by atoms with van der Waals surface area (Å²) in [5, 5.41) is 9.73. The molecule has 2 saturated heterocycles. The SMILES string of the molecule is O=C(CCCCN1CCOCC1)N1CCCC(O)(C(F)(F)F)C1. The number of likely N-dealkylation sites (tertiary alicyclic amines) is 1. The van der Waals surface area contributed by atoms with Gasteiger partial charge in [0.1, 0.15) is 0 Å². The number of ether oxygens (including phenoxy) is 1. The molecule has 0 aromatic carbocycles. The fourth-order valence-electron chi connectivity index (χ4n) is 3.07. The predicted molar refractivity (Wildman–Crippen MR) is 77.9 cm³/mol. The Morgan fingerprint density at radius 2 is 1.87 bits per heavy atom. The minimum Gasteiger partial charge on any atom is -0.379 e. The molecule has 1 amide bonds.